The monoisotopic (exact) mass is 452 g/mol. The number of fused-ring (bicyclic) bond motifs is 3. The fourth-order valence-electron chi connectivity index (χ4n) is 4.27. The smallest absolute Gasteiger partial charge is 0.407 e. The van der Waals surface area contributed by atoms with Gasteiger partial charge in [-0.3, -0.25) is 9.59 Å². The van der Waals surface area contributed by atoms with Crippen molar-refractivity contribution in [1.29, 1.82) is 0 Å². The molecule has 1 aliphatic carbocycles. The number of hydrogen-bond donors (Lipinski definition) is 3. The summed E-state index contributed by atoms with van der Waals surface area (Å²) in [5.74, 6) is -1.59. The molecule has 0 aromatic heterocycles. The Labute approximate surface area is 194 Å². The van der Waals surface area contributed by atoms with Crippen LogP contribution in [0.15, 0.2) is 48.5 Å². The van der Waals surface area contributed by atoms with Crippen molar-refractivity contribution < 1.29 is 24.2 Å². The van der Waals surface area contributed by atoms with E-state index in [1.807, 2.05) is 57.2 Å². The van der Waals surface area contributed by atoms with Crippen molar-refractivity contribution in [3.05, 3.63) is 59.7 Å². The van der Waals surface area contributed by atoms with Crippen molar-refractivity contribution in [2.24, 2.45) is 5.92 Å². The second kappa shape index (κ2) is 11.0. The lowest BCUT2D eigenvalue weighted by Gasteiger charge is -2.26. The van der Waals surface area contributed by atoms with E-state index in [1.165, 1.54) is 0 Å². The Morgan fingerprint density at radius 1 is 0.939 bits per heavy atom. The number of carbonyl (C=O) groups is 3. The molecular weight excluding hydrogens is 420 g/mol. The van der Waals surface area contributed by atoms with Gasteiger partial charge in [-0.15, -0.1) is 0 Å². The molecule has 1 aliphatic rings. The Hall–Kier alpha value is -3.35. The average molecular weight is 453 g/mol. The van der Waals surface area contributed by atoms with Gasteiger partial charge in [0.1, 0.15) is 12.6 Å². The Morgan fingerprint density at radius 2 is 1.52 bits per heavy atom. The molecule has 0 saturated heterocycles. The molecule has 2 aromatic rings. The predicted molar refractivity (Wildman–Crippen MR) is 126 cm³/mol. The van der Waals surface area contributed by atoms with Gasteiger partial charge in [0.05, 0.1) is 6.42 Å². The first kappa shape index (κ1) is 24.3. The van der Waals surface area contributed by atoms with Crippen LogP contribution in [0.1, 0.15) is 57.1 Å². The fraction of sp³-hybridized carbons (Fsp3) is 0.423. The molecule has 0 heterocycles. The molecular formula is C26H32N2O5. The number of hydrogen-bond acceptors (Lipinski definition) is 4. The zero-order valence-electron chi connectivity index (χ0n) is 19.3. The number of carbonyl (C=O) groups excluding carboxylic acids is 2. The van der Waals surface area contributed by atoms with E-state index in [4.69, 9.17) is 9.84 Å². The van der Waals surface area contributed by atoms with E-state index in [1.54, 1.807) is 0 Å². The molecule has 3 N–H and O–H groups in total. The molecule has 3 rings (SSSR count). The number of alkyl carbamates (subject to hydrolysis) is 1. The number of amides is 2. The van der Waals surface area contributed by atoms with Gasteiger partial charge in [-0.1, -0.05) is 75.7 Å². The summed E-state index contributed by atoms with van der Waals surface area (Å²) in [6.07, 6.45) is 0.317. The largest absolute Gasteiger partial charge is 0.481 e. The number of benzene rings is 2. The highest BCUT2D eigenvalue weighted by molar-refractivity contribution is 5.86. The summed E-state index contributed by atoms with van der Waals surface area (Å²) < 4.78 is 5.59. The molecule has 0 spiro atoms. The highest BCUT2D eigenvalue weighted by Crippen LogP contribution is 2.44. The zero-order chi connectivity index (χ0) is 24.0. The van der Waals surface area contributed by atoms with E-state index < -0.39 is 30.1 Å². The predicted octanol–water partition coefficient (Wildman–Crippen LogP) is 4.31. The fourth-order valence-corrected chi connectivity index (χ4v) is 4.27. The summed E-state index contributed by atoms with van der Waals surface area (Å²) in [5, 5.41) is 14.5. The third-order valence-corrected chi connectivity index (χ3v) is 6.37. The number of rotatable bonds is 10. The second-order valence-corrected chi connectivity index (χ2v) is 8.54. The minimum absolute atomic E-state index is 0.0703. The lowest BCUT2D eigenvalue weighted by molar-refractivity contribution is -0.137. The number of nitrogens with one attached hydrogen (secondary N) is 2. The van der Waals surface area contributed by atoms with Crippen LogP contribution in [0.4, 0.5) is 4.79 Å². The van der Waals surface area contributed by atoms with Gasteiger partial charge >= 0.3 is 12.1 Å². The third-order valence-electron chi connectivity index (χ3n) is 6.37. The van der Waals surface area contributed by atoms with Gasteiger partial charge in [0, 0.05) is 12.0 Å². The summed E-state index contributed by atoms with van der Waals surface area (Å²) in [4.78, 5) is 36.6. The standard InChI is InChI=1S/C26H32N2O5/c1-4-16(3)24(25(31)27-17(5-2)14-23(29)30)28-26(32)33-15-22-20-12-8-6-10-18(20)19-11-7-9-13-21(19)22/h6-13,16-17,22,24H,4-5,14-15H2,1-3H3,(H,27,31)(H,28,32)(H,29,30)/t16?,17-,24?/m1/s1. The lowest BCUT2D eigenvalue weighted by atomic mass is 9.97. The Kier molecular flexibility index (Phi) is 8.09. The van der Waals surface area contributed by atoms with Crippen molar-refractivity contribution in [2.75, 3.05) is 6.61 Å². The average Bonchev–Trinajstić information content (AvgIpc) is 3.13. The molecule has 0 fully saturated rings. The summed E-state index contributed by atoms with van der Waals surface area (Å²) in [7, 11) is 0. The maximum atomic E-state index is 12.8. The van der Waals surface area contributed by atoms with Crippen LogP contribution in [0, 0.1) is 5.92 Å². The van der Waals surface area contributed by atoms with E-state index >= 15 is 0 Å². The molecule has 0 radical (unpaired) electrons. The summed E-state index contributed by atoms with van der Waals surface area (Å²) in [6, 6.07) is 14.9. The molecule has 0 aliphatic heterocycles. The third kappa shape index (κ3) is 5.72. The number of aliphatic carboxylic acids is 1. The van der Waals surface area contributed by atoms with E-state index in [-0.39, 0.29) is 24.9 Å². The highest BCUT2D eigenvalue weighted by Gasteiger charge is 2.31. The molecule has 2 unspecified atom stereocenters. The second-order valence-electron chi connectivity index (χ2n) is 8.54. The van der Waals surface area contributed by atoms with Gasteiger partial charge in [-0.2, -0.15) is 0 Å². The highest BCUT2D eigenvalue weighted by atomic mass is 16.5. The first-order valence-electron chi connectivity index (χ1n) is 11.5. The van der Waals surface area contributed by atoms with Gasteiger partial charge in [-0.05, 0) is 34.6 Å². The Bertz CT molecular complexity index is 960. The van der Waals surface area contributed by atoms with E-state index in [0.717, 1.165) is 22.3 Å². The normalized spacial score (nSPS) is 15.0. The number of carboxylic acids is 1. The van der Waals surface area contributed by atoms with Crippen LogP contribution >= 0.6 is 0 Å². The molecule has 3 atom stereocenters. The van der Waals surface area contributed by atoms with Crippen molar-refractivity contribution in [2.45, 2.75) is 58.0 Å². The van der Waals surface area contributed by atoms with Crippen molar-refractivity contribution in [3.8, 4) is 11.1 Å². The van der Waals surface area contributed by atoms with Crippen LogP contribution < -0.4 is 10.6 Å². The van der Waals surface area contributed by atoms with Crippen molar-refractivity contribution >= 4 is 18.0 Å². The quantitative estimate of drug-likeness (QED) is 0.498. The molecule has 2 amide bonds. The molecule has 33 heavy (non-hydrogen) atoms. The van der Waals surface area contributed by atoms with Gasteiger partial charge in [0.15, 0.2) is 0 Å². The van der Waals surface area contributed by atoms with E-state index in [2.05, 4.69) is 22.8 Å². The molecule has 2 aromatic carbocycles. The van der Waals surface area contributed by atoms with Gasteiger partial charge in [0.2, 0.25) is 5.91 Å². The van der Waals surface area contributed by atoms with Crippen LogP contribution in [0.2, 0.25) is 0 Å². The molecule has 7 heteroatoms. The van der Waals surface area contributed by atoms with Crippen LogP contribution in [-0.4, -0.2) is 41.8 Å². The van der Waals surface area contributed by atoms with Crippen molar-refractivity contribution in [3.63, 3.8) is 0 Å². The van der Waals surface area contributed by atoms with Gasteiger partial charge in [0.25, 0.3) is 0 Å². The molecule has 176 valence electrons. The number of carboxylic acid groups (broad SMARTS) is 1. The summed E-state index contributed by atoms with van der Waals surface area (Å²) in [6.45, 7) is 5.77. The Balaban J connectivity index is 1.66. The molecule has 0 saturated carbocycles. The number of ether oxygens (including phenoxy) is 1. The zero-order valence-corrected chi connectivity index (χ0v) is 19.3. The SMILES string of the molecule is CCC(C)C(NC(=O)OCC1c2ccccc2-c2ccccc21)C(=O)N[C@H](CC)CC(=O)O. The van der Waals surface area contributed by atoms with Crippen LogP contribution in [0.5, 0.6) is 0 Å². The lowest BCUT2D eigenvalue weighted by Crippen LogP contribution is -2.53. The van der Waals surface area contributed by atoms with Crippen LogP contribution in [0.3, 0.4) is 0 Å². The Morgan fingerprint density at radius 3 is 2.03 bits per heavy atom. The van der Waals surface area contributed by atoms with Crippen LogP contribution in [-0.2, 0) is 14.3 Å². The van der Waals surface area contributed by atoms with E-state index in [9.17, 15) is 14.4 Å². The minimum Gasteiger partial charge on any atom is -0.481 e. The summed E-state index contributed by atoms with van der Waals surface area (Å²) >= 11 is 0. The minimum atomic E-state index is -0.980. The topological polar surface area (TPSA) is 105 Å². The van der Waals surface area contributed by atoms with Crippen LogP contribution in [0.25, 0.3) is 11.1 Å². The first-order chi connectivity index (χ1) is 15.8. The maximum absolute atomic E-state index is 12.8. The van der Waals surface area contributed by atoms with E-state index in [0.29, 0.717) is 12.8 Å². The van der Waals surface area contributed by atoms with Gasteiger partial charge < -0.3 is 20.5 Å². The van der Waals surface area contributed by atoms with Crippen molar-refractivity contribution in [1.82, 2.24) is 10.6 Å². The first-order valence-corrected chi connectivity index (χ1v) is 11.5. The maximum Gasteiger partial charge on any atom is 0.407 e. The molecule has 0 bridgehead atoms. The summed E-state index contributed by atoms with van der Waals surface area (Å²) in [5.41, 5.74) is 4.51. The molecule has 7 nitrogen and oxygen atoms in total. The van der Waals surface area contributed by atoms with Gasteiger partial charge in [-0.25, -0.2) is 4.79 Å².